The summed E-state index contributed by atoms with van der Waals surface area (Å²) in [5, 5.41) is 3.89. The number of amides is 2. The summed E-state index contributed by atoms with van der Waals surface area (Å²) in [5.41, 5.74) is 2.02. The monoisotopic (exact) mass is 403 g/mol. The predicted molar refractivity (Wildman–Crippen MR) is 110 cm³/mol. The van der Waals surface area contributed by atoms with Crippen LogP contribution in [0.2, 0.25) is 4.34 Å². The topological polar surface area (TPSA) is 65.2 Å². The number of carbonyl (C=O) groups excluding carboxylic acids is 2. The van der Waals surface area contributed by atoms with Crippen LogP contribution in [0.15, 0.2) is 42.6 Å². The summed E-state index contributed by atoms with van der Waals surface area (Å²) in [4.78, 5) is 30.9. The Hall–Kier alpha value is -2.31. The highest BCUT2D eigenvalue weighted by atomic mass is 35.5. The van der Waals surface area contributed by atoms with Gasteiger partial charge in [-0.3, -0.25) is 9.59 Å². The molecule has 0 spiro atoms. The minimum atomic E-state index is -0.614. The standard InChI is InChI=1S/C20H22ClN3O2S/c1-3-24(12-15-8-9-19(21)27-15)20(26)18(23-13(2)25)10-14-11-22-17-7-5-4-6-16(14)17/h4-9,11,18,22H,3,10,12H2,1-2H3,(H,23,25). The number of aromatic nitrogens is 1. The van der Waals surface area contributed by atoms with E-state index in [1.165, 1.54) is 18.3 Å². The van der Waals surface area contributed by atoms with E-state index in [2.05, 4.69) is 10.3 Å². The summed E-state index contributed by atoms with van der Waals surface area (Å²) < 4.78 is 0.700. The molecule has 0 aliphatic heterocycles. The maximum Gasteiger partial charge on any atom is 0.245 e. The number of halogens is 1. The van der Waals surface area contributed by atoms with Gasteiger partial charge in [0.15, 0.2) is 0 Å². The van der Waals surface area contributed by atoms with Crippen molar-refractivity contribution in [1.82, 2.24) is 15.2 Å². The summed E-state index contributed by atoms with van der Waals surface area (Å²) in [7, 11) is 0. The molecule has 3 rings (SSSR count). The number of hydrogen-bond donors (Lipinski definition) is 2. The second-order valence-corrected chi connectivity index (χ2v) is 8.17. The second-order valence-electron chi connectivity index (χ2n) is 6.37. The van der Waals surface area contributed by atoms with Crippen LogP contribution in [0.4, 0.5) is 0 Å². The van der Waals surface area contributed by atoms with Gasteiger partial charge in [0.25, 0.3) is 0 Å². The van der Waals surface area contributed by atoms with Gasteiger partial charge >= 0.3 is 0 Å². The van der Waals surface area contributed by atoms with Crippen LogP contribution < -0.4 is 5.32 Å². The lowest BCUT2D eigenvalue weighted by atomic mass is 10.0. The van der Waals surface area contributed by atoms with E-state index >= 15 is 0 Å². The first kappa shape index (κ1) is 19.5. The lowest BCUT2D eigenvalue weighted by Crippen LogP contribution is -2.48. The van der Waals surface area contributed by atoms with E-state index in [0.717, 1.165) is 21.3 Å². The van der Waals surface area contributed by atoms with Gasteiger partial charge in [-0.05, 0) is 30.7 Å². The third-order valence-corrected chi connectivity index (χ3v) is 5.66. The molecule has 2 N–H and O–H groups in total. The number of benzene rings is 1. The number of para-hydroxylation sites is 1. The molecule has 0 saturated heterocycles. The Morgan fingerprint density at radius 1 is 1.26 bits per heavy atom. The first-order valence-electron chi connectivity index (χ1n) is 8.83. The van der Waals surface area contributed by atoms with Crippen LogP contribution in [0, 0.1) is 0 Å². The lowest BCUT2D eigenvalue weighted by molar-refractivity contribution is -0.136. The van der Waals surface area contributed by atoms with Crippen LogP contribution in [-0.4, -0.2) is 34.3 Å². The van der Waals surface area contributed by atoms with Gasteiger partial charge in [-0.25, -0.2) is 0 Å². The molecule has 27 heavy (non-hydrogen) atoms. The summed E-state index contributed by atoms with van der Waals surface area (Å²) in [6.45, 7) is 4.41. The molecule has 0 fully saturated rings. The highest BCUT2D eigenvalue weighted by molar-refractivity contribution is 7.16. The van der Waals surface area contributed by atoms with Crippen LogP contribution >= 0.6 is 22.9 Å². The molecule has 0 aliphatic rings. The van der Waals surface area contributed by atoms with Crippen molar-refractivity contribution in [2.24, 2.45) is 0 Å². The fourth-order valence-electron chi connectivity index (χ4n) is 3.16. The van der Waals surface area contributed by atoms with Gasteiger partial charge in [0.2, 0.25) is 11.8 Å². The van der Waals surface area contributed by atoms with E-state index in [1.54, 1.807) is 4.90 Å². The number of nitrogens with zero attached hydrogens (tertiary/aromatic N) is 1. The van der Waals surface area contributed by atoms with E-state index in [0.29, 0.717) is 23.8 Å². The first-order chi connectivity index (χ1) is 13.0. The molecule has 1 aromatic carbocycles. The normalized spacial score (nSPS) is 12.1. The van der Waals surface area contributed by atoms with Crippen molar-refractivity contribution in [2.45, 2.75) is 32.9 Å². The molecule has 2 heterocycles. The van der Waals surface area contributed by atoms with Gasteiger partial charge in [0, 0.05) is 41.9 Å². The van der Waals surface area contributed by atoms with Gasteiger partial charge in [-0.2, -0.15) is 0 Å². The molecule has 1 unspecified atom stereocenters. The number of fused-ring (bicyclic) bond motifs is 1. The SMILES string of the molecule is CCN(Cc1ccc(Cl)s1)C(=O)C(Cc1c[nH]c2ccccc12)NC(C)=O. The maximum absolute atomic E-state index is 13.2. The van der Waals surface area contributed by atoms with E-state index in [9.17, 15) is 9.59 Å². The lowest BCUT2D eigenvalue weighted by Gasteiger charge is -2.26. The molecule has 1 atom stereocenters. The quantitative estimate of drug-likeness (QED) is 0.626. The molecule has 142 valence electrons. The van der Waals surface area contributed by atoms with Gasteiger partial charge in [0.1, 0.15) is 6.04 Å². The molecule has 2 amide bonds. The molecular weight excluding hydrogens is 382 g/mol. The third-order valence-electron chi connectivity index (χ3n) is 4.44. The molecule has 7 heteroatoms. The van der Waals surface area contributed by atoms with Crippen LogP contribution in [0.3, 0.4) is 0 Å². The molecule has 3 aromatic rings. The van der Waals surface area contributed by atoms with Gasteiger partial charge in [0.05, 0.1) is 10.9 Å². The van der Waals surface area contributed by atoms with Gasteiger partial charge < -0.3 is 15.2 Å². The molecule has 0 saturated carbocycles. The minimum absolute atomic E-state index is 0.0949. The second kappa shape index (κ2) is 8.59. The molecule has 0 bridgehead atoms. The number of carbonyl (C=O) groups is 2. The zero-order valence-electron chi connectivity index (χ0n) is 15.3. The fourth-order valence-corrected chi connectivity index (χ4v) is 4.26. The Kier molecular flexibility index (Phi) is 6.19. The molecule has 0 radical (unpaired) electrons. The zero-order chi connectivity index (χ0) is 19.4. The van der Waals surface area contributed by atoms with Crippen LogP contribution in [-0.2, 0) is 22.6 Å². The minimum Gasteiger partial charge on any atom is -0.361 e. The van der Waals surface area contributed by atoms with Crippen molar-refractivity contribution >= 4 is 45.7 Å². The highest BCUT2D eigenvalue weighted by Crippen LogP contribution is 2.24. The van der Waals surface area contributed by atoms with Gasteiger partial charge in [-0.15, -0.1) is 11.3 Å². The molecular formula is C20H22ClN3O2S. The van der Waals surface area contributed by atoms with Crippen molar-refractivity contribution in [3.63, 3.8) is 0 Å². The fraction of sp³-hybridized carbons (Fsp3) is 0.300. The highest BCUT2D eigenvalue weighted by Gasteiger charge is 2.26. The number of nitrogens with one attached hydrogen (secondary N) is 2. The first-order valence-corrected chi connectivity index (χ1v) is 10.0. The number of H-pyrrole nitrogens is 1. The Morgan fingerprint density at radius 3 is 2.70 bits per heavy atom. The largest absolute Gasteiger partial charge is 0.361 e. The predicted octanol–water partition coefficient (Wildman–Crippen LogP) is 3.98. The van der Waals surface area contributed by atoms with Crippen LogP contribution in [0.25, 0.3) is 10.9 Å². The van der Waals surface area contributed by atoms with Crippen LogP contribution in [0.5, 0.6) is 0 Å². The van der Waals surface area contributed by atoms with E-state index < -0.39 is 6.04 Å². The van der Waals surface area contributed by atoms with Crippen molar-refractivity contribution < 1.29 is 9.59 Å². The van der Waals surface area contributed by atoms with Crippen LogP contribution in [0.1, 0.15) is 24.3 Å². The van der Waals surface area contributed by atoms with Gasteiger partial charge in [-0.1, -0.05) is 29.8 Å². The third kappa shape index (κ3) is 4.70. The van der Waals surface area contributed by atoms with Crippen molar-refractivity contribution in [2.75, 3.05) is 6.54 Å². The Balaban J connectivity index is 1.81. The molecule has 2 aromatic heterocycles. The zero-order valence-corrected chi connectivity index (χ0v) is 16.9. The number of aromatic amines is 1. The summed E-state index contributed by atoms with van der Waals surface area (Å²) >= 11 is 7.46. The average Bonchev–Trinajstić information content (AvgIpc) is 3.24. The number of rotatable bonds is 7. The number of thiophene rings is 1. The average molecular weight is 404 g/mol. The maximum atomic E-state index is 13.2. The van der Waals surface area contributed by atoms with Crippen molar-refractivity contribution in [3.8, 4) is 0 Å². The molecule has 0 aliphatic carbocycles. The smallest absolute Gasteiger partial charge is 0.245 e. The van der Waals surface area contributed by atoms with E-state index in [1.807, 2.05) is 49.5 Å². The summed E-state index contributed by atoms with van der Waals surface area (Å²) in [6.07, 6.45) is 2.34. The molecule has 5 nitrogen and oxygen atoms in total. The van der Waals surface area contributed by atoms with Crippen molar-refractivity contribution in [3.05, 3.63) is 57.4 Å². The Morgan fingerprint density at radius 2 is 2.04 bits per heavy atom. The Labute approximate surface area is 167 Å². The summed E-state index contributed by atoms with van der Waals surface area (Å²) in [5.74, 6) is -0.314. The van der Waals surface area contributed by atoms with E-state index in [4.69, 9.17) is 11.6 Å². The van der Waals surface area contributed by atoms with E-state index in [-0.39, 0.29) is 11.8 Å². The Bertz CT molecular complexity index is 950. The number of likely N-dealkylation sites (N-methyl/N-ethyl adjacent to an activating group) is 1. The number of hydrogen-bond acceptors (Lipinski definition) is 3. The summed E-state index contributed by atoms with van der Waals surface area (Å²) in [6, 6.07) is 11.1. The van der Waals surface area contributed by atoms with Crippen molar-refractivity contribution in [1.29, 1.82) is 0 Å².